The van der Waals surface area contributed by atoms with Gasteiger partial charge in [-0.3, -0.25) is 0 Å². The number of nitrogens with zero attached hydrogens (tertiary/aromatic N) is 3. The van der Waals surface area contributed by atoms with Crippen LogP contribution in [0.15, 0.2) is 17.6 Å². The molecule has 0 spiro atoms. The molecule has 1 saturated heterocycles. The largest absolute Gasteiger partial charge is 0.339 e. The Balaban J connectivity index is 0.00000128. The van der Waals surface area contributed by atoms with Crippen molar-refractivity contribution in [1.82, 2.24) is 19.2 Å². The second kappa shape index (κ2) is 4.70. The lowest BCUT2D eigenvalue weighted by Crippen LogP contribution is -2.57. The predicted molar refractivity (Wildman–Crippen MR) is 62.1 cm³/mol. The highest BCUT2D eigenvalue weighted by Gasteiger charge is 2.32. The topological polar surface area (TPSA) is 67.2 Å². The molecular weight excluding hydrogens is 252 g/mol. The van der Waals surface area contributed by atoms with Gasteiger partial charge in [0.15, 0.2) is 5.03 Å². The molecule has 0 amide bonds. The Bertz CT molecular complexity index is 454. The van der Waals surface area contributed by atoms with Crippen molar-refractivity contribution >= 4 is 22.4 Å². The average molecular weight is 267 g/mol. The van der Waals surface area contributed by atoms with Crippen LogP contribution in [0.4, 0.5) is 0 Å². The molecule has 2 rings (SSSR count). The Hall–Kier alpha value is -0.630. The van der Waals surface area contributed by atoms with Gasteiger partial charge in [0.25, 0.3) is 10.0 Å². The van der Waals surface area contributed by atoms with Crippen molar-refractivity contribution in [1.29, 1.82) is 0 Å². The van der Waals surface area contributed by atoms with Crippen molar-refractivity contribution in [3.8, 4) is 0 Å². The molecule has 2 heterocycles. The summed E-state index contributed by atoms with van der Waals surface area (Å²) in [5, 5.41) is 3.15. The fourth-order valence-electron chi connectivity index (χ4n) is 1.40. The summed E-state index contributed by atoms with van der Waals surface area (Å²) in [6.07, 6.45) is 3.00. The Morgan fingerprint density at radius 2 is 2.19 bits per heavy atom. The van der Waals surface area contributed by atoms with Crippen molar-refractivity contribution < 1.29 is 8.42 Å². The first-order chi connectivity index (χ1) is 7.01. The summed E-state index contributed by atoms with van der Waals surface area (Å²) in [7, 11) is -0.0771. The van der Waals surface area contributed by atoms with Crippen LogP contribution >= 0.6 is 12.4 Å². The molecular formula is C8H15ClN4O2S. The van der Waals surface area contributed by atoms with Gasteiger partial charge in [-0.15, -0.1) is 12.4 Å². The normalized spacial score (nSPS) is 16.9. The van der Waals surface area contributed by atoms with E-state index in [1.54, 1.807) is 18.7 Å². The molecule has 1 N–H and O–H groups in total. The molecule has 1 aliphatic rings. The summed E-state index contributed by atoms with van der Waals surface area (Å²) in [6, 6.07) is 0.0528. The lowest BCUT2D eigenvalue weighted by Gasteiger charge is -2.34. The van der Waals surface area contributed by atoms with Crippen molar-refractivity contribution in [3.05, 3.63) is 12.5 Å². The standard InChI is InChI=1S/C8H14N4O2S.ClH/c1-11-5-8(10-6-11)15(13,14)12(2)7-3-9-4-7;/h5-7,9H,3-4H2,1-2H3;1H. The van der Waals surface area contributed by atoms with E-state index in [-0.39, 0.29) is 23.5 Å². The quantitative estimate of drug-likeness (QED) is 0.796. The molecule has 1 aliphatic heterocycles. The molecule has 1 aromatic heterocycles. The molecule has 6 nitrogen and oxygen atoms in total. The summed E-state index contributed by atoms with van der Waals surface area (Å²) < 4.78 is 27.0. The van der Waals surface area contributed by atoms with Gasteiger partial charge in [-0.1, -0.05) is 0 Å². The van der Waals surface area contributed by atoms with Crippen LogP contribution in [0.3, 0.4) is 0 Å². The number of sulfonamides is 1. The number of aryl methyl sites for hydroxylation is 1. The zero-order valence-electron chi connectivity index (χ0n) is 9.12. The first-order valence-electron chi connectivity index (χ1n) is 4.68. The first kappa shape index (κ1) is 13.4. The molecule has 92 valence electrons. The van der Waals surface area contributed by atoms with E-state index in [0.717, 1.165) is 0 Å². The van der Waals surface area contributed by atoms with Crippen LogP contribution in [0.1, 0.15) is 0 Å². The Kier molecular flexibility index (Phi) is 3.95. The molecule has 0 aliphatic carbocycles. The van der Waals surface area contributed by atoms with Gasteiger partial charge in [0.1, 0.15) is 0 Å². The molecule has 1 aromatic rings. The lowest BCUT2D eigenvalue weighted by molar-refractivity contribution is 0.273. The minimum atomic E-state index is -3.42. The maximum Gasteiger partial charge on any atom is 0.262 e. The molecule has 0 bridgehead atoms. The molecule has 8 heteroatoms. The van der Waals surface area contributed by atoms with E-state index in [9.17, 15) is 8.42 Å². The SMILES string of the molecule is CN(C1CNC1)S(=O)(=O)c1cn(C)cn1.Cl. The highest BCUT2D eigenvalue weighted by atomic mass is 35.5. The van der Waals surface area contributed by atoms with Gasteiger partial charge >= 0.3 is 0 Å². The number of hydrogen-bond donors (Lipinski definition) is 1. The molecule has 0 atom stereocenters. The molecule has 1 fully saturated rings. The van der Waals surface area contributed by atoms with Crippen LogP contribution < -0.4 is 5.32 Å². The smallest absolute Gasteiger partial charge is 0.262 e. The fourth-order valence-corrected chi connectivity index (χ4v) is 2.71. The number of likely N-dealkylation sites (N-methyl/N-ethyl adjacent to an activating group) is 1. The zero-order chi connectivity index (χ0) is 11.1. The number of imidazole rings is 1. The highest BCUT2D eigenvalue weighted by molar-refractivity contribution is 7.89. The van der Waals surface area contributed by atoms with Crippen LogP contribution in [0.25, 0.3) is 0 Å². The fraction of sp³-hybridized carbons (Fsp3) is 0.625. The van der Waals surface area contributed by atoms with Crippen LogP contribution in [0.2, 0.25) is 0 Å². The van der Waals surface area contributed by atoms with Gasteiger partial charge in [0, 0.05) is 39.4 Å². The van der Waals surface area contributed by atoms with E-state index < -0.39 is 10.0 Å². The lowest BCUT2D eigenvalue weighted by atomic mass is 10.2. The number of hydrogen-bond acceptors (Lipinski definition) is 4. The summed E-state index contributed by atoms with van der Waals surface area (Å²) in [5.41, 5.74) is 0. The van der Waals surface area contributed by atoms with E-state index >= 15 is 0 Å². The van der Waals surface area contributed by atoms with Gasteiger partial charge in [-0.05, 0) is 0 Å². The van der Waals surface area contributed by atoms with Gasteiger partial charge in [0.2, 0.25) is 0 Å². The summed E-state index contributed by atoms with van der Waals surface area (Å²) >= 11 is 0. The summed E-state index contributed by atoms with van der Waals surface area (Å²) in [5.74, 6) is 0. The Morgan fingerprint density at radius 3 is 2.56 bits per heavy atom. The molecule has 0 radical (unpaired) electrons. The maximum atomic E-state index is 12.0. The van der Waals surface area contributed by atoms with E-state index in [1.165, 1.54) is 16.8 Å². The molecule has 0 aromatic carbocycles. The van der Waals surface area contributed by atoms with E-state index in [0.29, 0.717) is 13.1 Å². The number of aromatic nitrogens is 2. The summed E-state index contributed by atoms with van der Waals surface area (Å²) in [6.45, 7) is 1.42. The first-order valence-corrected chi connectivity index (χ1v) is 6.12. The second-order valence-corrected chi connectivity index (χ2v) is 5.66. The van der Waals surface area contributed by atoms with Crippen LogP contribution in [0.5, 0.6) is 0 Å². The van der Waals surface area contributed by atoms with Crippen molar-refractivity contribution in [3.63, 3.8) is 0 Å². The van der Waals surface area contributed by atoms with E-state index in [4.69, 9.17) is 0 Å². The Labute approximate surface area is 101 Å². The predicted octanol–water partition coefficient (Wildman–Crippen LogP) is -0.566. The van der Waals surface area contributed by atoms with Gasteiger partial charge < -0.3 is 9.88 Å². The van der Waals surface area contributed by atoms with Crippen molar-refractivity contribution in [2.45, 2.75) is 11.1 Å². The molecule has 0 saturated carbocycles. The van der Waals surface area contributed by atoms with Gasteiger partial charge in [0.05, 0.1) is 6.33 Å². The van der Waals surface area contributed by atoms with E-state index in [1.807, 2.05) is 0 Å². The van der Waals surface area contributed by atoms with Gasteiger partial charge in [-0.25, -0.2) is 13.4 Å². The van der Waals surface area contributed by atoms with Crippen LogP contribution in [-0.2, 0) is 17.1 Å². The third-order valence-corrected chi connectivity index (χ3v) is 4.39. The number of rotatable bonds is 3. The third kappa shape index (κ3) is 2.22. The van der Waals surface area contributed by atoms with Crippen molar-refractivity contribution in [2.24, 2.45) is 7.05 Å². The minimum absolute atomic E-state index is 0. The third-order valence-electron chi connectivity index (χ3n) is 2.60. The second-order valence-electron chi connectivity index (χ2n) is 3.71. The van der Waals surface area contributed by atoms with Gasteiger partial charge in [-0.2, -0.15) is 4.31 Å². The highest BCUT2D eigenvalue weighted by Crippen LogP contribution is 2.15. The minimum Gasteiger partial charge on any atom is -0.339 e. The van der Waals surface area contributed by atoms with Crippen molar-refractivity contribution in [2.75, 3.05) is 20.1 Å². The van der Waals surface area contributed by atoms with E-state index in [2.05, 4.69) is 10.3 Å². The van der Waals surface area contributed by atoms with Crippen LogP contribution in [-0.4, -0.2) is 48.5 Å². The molecule has 16 heavy (non-hydrogen) atoms. The Morgan fingerprint density at radius 1 is 1.56 bits per heavy atom. The average Bonchev–Trinajstić information content (AvgIpc) is 2.49. The maximum absolute atomic E-state index is 12.0. The number of halogens is 1. The molecule has 0 unspecified atom stereocenters. The summed E-state index contributed by atoms with van der Waals surface area (Å²) in [4.78, 5) is 3.86. The van der Waals surface area contributed by atoms with Crippen LogP contribution in [0, 0.1) is 0 Å². The number of nitrogens with one attached hydrogen (secondary N) is 1. The zero-order valence-corrected chi connectivity index (χ0v) is 10.8. The monoisotopic (exact) mass is 266 g/mol.